The number of rotatable bonds is 6. The summed E-state index contributed by atoms with van der Waals surface area (Å²) in [5, 5.41) is 8.05. The molecule has 20 heavy (non-hydrogen) atoms. The van der Waals surface area contributed by atoms with Crippen LogP contribution in [0.2, 0.25) is 0 Å². The van der Waals surface area contributed by atoms with Gasteiger partial charge in [-0.05, 0) is 0 Å². The highest BCUT2D eigenvalue weighted by Crippen LogP contribution is 2.55. The molecular formula is C8H7F11O. The van der Waals surface area contributed by atoms with Crippen LogP contribution in [0, 0.1) is 0 Å². The van der Waals surface area contributed by atoms with Gasteiger partial charge in [0.15, 0.2) is 0 Å². The Bertz CT molecular complexity index is 332. The molecule has 12 heteroatoms. The van der Waals surface area contributed by atoms with E-state index in [1.54, 1.807) is 0 Å². The predicted molar refractivity (Wildman–Crippen MR) is 42.2 cm³/mol. The van der Waals surface area contributed by atoms with Gasteiger partial charge in [-0.1, -0.05) is 0 Å². The molecule has 122 valence electrons. The highest BCUT2D eigenvalue weighted by molar-refractivity contribution is 5.01. The topological polar surface area (TPSA) is 20.2 Å². The van der Waals surface area contributed by atoms with Crippen LogP contribution in [0.1, 0.15) is 12.8 Å². The first kappa shape index (κ1) is 19.2. The van der Waals surface area contributed by atoms with Gasteiger partial charge in [-0.3, -0.25) is 0 Å². The van der Waals surface area contributed by atoms with Gasteiger partial charge in [-0.15, -0.1) is 0 Å². The lowest BCUT2D eigenvalue weighted by atomic mass is 9.97. The molecule has 0 bridgehead atoms. The highest BCUT2D eigenvalue weighted by atomic mass is 19.4. The minimum Gasteiger partial charge on any atom is -0.396 e. The largest absolute Gasteiger partial charge is 0.460 e. The fourth-order valence-electron chi connectivity index (χ4n) is 1.10. The van der Waals surface area contributed by atoms with E-state index in [1.165, 1.54) is 0 Å². The molecule has 0 fully saturated rings. The number of aliphatic hydroxyl groups excluding tert-OH is 1. The third-order valence-corrected chi connectivity index (χ3v) is 2.17. The zero-order chi connectivity index (χ0) is 16.6. The molecule has 0 spiro atoms. The van der Waals surface area contributed by atoms with Crippen molar-refractivity contribution in [2.45, 2.75) is 42.7 Å². The zero-order valence-corrected chi connectivity index (χ0v) is 9.23. The maximum Gasteiger partial charge on any atom is 0.460 e. The molecule has 0 heterocycles. The van der Waals surface area contributed by atoms with Gasteiger partial charge in [0, 0.05) is 13.0 Å². The van der Waals surface area contributed by atoms with E-state index in [0.29, 0.717) is 0 Å². The average Bonchev–Trinajstić information content (AvgIpc) is 2.12. The molecule has 0 saturated heterocycles. The summed E-state index contributed by atoms with van der Waals surface area (Å²) in [6.07, 6.45) is -12.1. The second-order valence-electron chi connectivity index (χ2n) is 3.86. The van der Waals surface area contributed by atoms with E-state index in [-0.39, 0.29) is 0 Å². The molecule has 0 aromatic carbocycles. The molecule has 0 atom stereocenters. The van der Waals surface area contributed by atoms with Crippen LogP contribution in [0.25, 0.3) is 0 Å². The standard InChI is InChI=1S/C8H7F11O/c9-4(10,1-2-20)3-5(11,12)6(13,14)7(15,16)8(17,18)19/h20H,1-3H2. The Morgan fingerprint density at radius 3 is 1.35 bits per heavy atom. The minimum atomic E-state index is -7.20. The molecule has 1 N–H and O–H groups in total. The smallest absolute Gasteiger partial charge is 0.396 e. The Kier molecular flexibility index (Phi) is 4.98. The van der Waals surface area contributed by atoms with Crippen molar-refractivity contribution in [3.05, 3.63) is 0 Å². The molecular weight excluding hydrogens is 321 g/mol. The summed E-state index contributed by atoms with van der Waals surface area (Å²) in [6.45, 7) is -1.45. The van der Waals surface area contributed by atoms with Crippen molar-refractivity contribution in [2.24, 2.45) is 0 Å². The van der Waals surface area contributed by atoms with Gasteiger partial charge < -0.3 is 5.11 Å². The van der Waals surface area contributed by atoms with Crippen LogP contribution < -0.4 is 0 Å². The highest BCUT2D eigenvalue weighted by Gasteiger charge is 2.82. The third-order valence-electron chi connectivity index (χ3n) is 2.17. The Morgan fingerprint density at radius 2 is 1.05 bits per heavy atom. The Hall–Kier alpha value is -0.810. The van der Waals surface area contributed by atoms with Crippen LogP contribution in [-0.4, -0.2) is 41.6 Å². The molecule has 0 aromatic rings. The minimum absolute atomic E-state index is 1.45. The molecule has 0 radical (unpaired) electrons. The molecule has 0 aromatic heterocycles. The lowest BCUT2D eigenvalue weighted by molar-refractivity contribution is -0.401. The summed E-state index contributed by atoms with van der Waals surface area (Å²) in [5.41, 5.74) is 0. The quantitative estimate of drug-likeness (QED) is 0.734. The Labute approximate surface area is 104 Å². The van der Waals surface area contributed by atoms with E-state index in [4.69, 9.17) is 5.11 Å². The van der Waals surface area contributed by atoms with Crippen LogP contribution in [-0.2, 0) is 0 Å². The molecule has 0 aliphatic heterocycles. The van der Waals surface area contributed by atoms with Gasteiger partial charge in [0.05, 0.1) is 6.42 Å². The summed E-state index contributed by atoms with van der Waals surface area (Å²) in [6, 6.07) is 0. The van der Waals surface area contributed by atoms with Crippen molar-refractivity contribution in [3.63, 3.8) is 0 Å². The maximum atomic E-state index is 12.8. The fraction of sp³-hybridized carbons (Fsp3) is 1.00. The average molecular weight is 328 g/mol. The van der Waals surface area contributed by atoms with Crippen molar-refractivity contribution in [2.75, 3.05) is 6.61 Å². The number of alkyl halides is 11. The van der Waals surface area contributed by atoms with Crippen LogP contribution in [0.3, 0.4) is 0 Å². The van der Waals surface area contributed by atoms with E-state index in [1.807, 2.05) is 0 Å². The predicted octanol–water partition coefficient (Wildman–Crippen LogP) is 3.86. The summed E-state index contributed by atoms with van der Waals surface area (Å²) >= 11 is 0. The normalized spacial score (nSPS) is 15.6. The molecule has 0 aliphatic carbocycles. The summed E-state index contributed by atoms with van der Waals surface area (Å²) < 4.78 is 136. The van der Waals surface area contributed by atoms with E-state index < -0.39 is 49.3 Å². The van der Waals surface area contributed by atoms with Crippen molar-refractivity contribution in [3.8, 4) is 0 Å². The van der Waals surface area contributed by atoms with Crippen molar-refractivity contribution in [1.82, 2.24) is 0 Å². The fourth-order valence-corrected chi connectivity index (χ4v) is 1.10. The number of hydrogen-bond donors (Lipinski definition) is 1. The Morgan fingerprint density at radius 1 is 0.650 bits per heavy atom. The van der Waals surface area contributed by atoms with Gasteiger partial charge in [-0.25, -0.2) is 8.78 Å². The monoisotopic (exact) mass is 328 g/mol. The molecule has 0 unspecified atom stereocenters. The van der Waals surface area contributed by atoms with Gasteiger partial charge in [0.1, 0.15) is 0 Å². The van der Waals surface area contributed by atoms with Gasteiger partial charge >= 0.3 is 23.9 Å². The van der Waals surface area contributed by atoms with Crippen molar-refractivity contribution >= 4 is 0 Å². The van der Waals surface area contributed by atoms with Crippen LogP contribution in [0.15, 0.2) is 0 Å². The summed E-state index contributed by atoms with van der Waals surface area (Å²) in [5.74, 6) is -25.4. The Balaban J connectivity index is 5.48. The first-order valence-corrected chi connectivity index (χ1v) is 4.71. The lowest BCUT2D eigenvalue weighted by Gasteiger charge is -2.35. The van der Waals surface area contributed by atoms with E-state index in [0.717, 1.165) is 0 Å². The summed E-state index contributed by atoms with van der Waals surface area (Å²) in [4.78, 5) is 0. The second-order valence-corrected chi connectivity index (χ2v) is 3.86. The SMILES string of the molecule is OCCC(F)(F)CC(F)(F)C(F)(F)C(F)(F)C(F)(F)F. The van der Waals surface area contributed by atoms with E-state index in [2.05, 4.69) is 0 Å². The number of halogens is 11. The number of aliphatic hydroxyl groups is 1. The molecule has 1 nitrogen and oxygen atoms in total. The molecule has 0 saturated carbocycles. The van der Waals surface area contributed by atoms with Gasteiger partial charge in [0.2, 0.25) is 0 Å². The first-order valence-electron chi connectivity index (χ1n) is 4.71. The maximum absolute atomic E-state index is 12.8. The zero-order valence-electron chi connectivity index (χ0n) is 9.23. The number of hydrogen-bond acceptors (Lipinski definition) is 1. The van der Waals surface area contributed by atoms with Gasteiger partial charge in [-0.2, -0.15) is 39.5 Å². The van der Waals surface area contributed by atoms with Crippen LogP contribution in [0.4, 0.5) is 48.3 Å². The second kappa shape index (κ2) is 5.19. The first-order chi connectivity index (χ1) is 8.52. The van der Waals surface area contributed by atoms with E-state index in [9.17, 15) is 48.3 Å². The molecule has 0 amide bonds. The van der Waals surface area contributed by atoms with Crippen molar-refractivity contribution in [1.29, 1.82) is 0 Å². The van der Waals surface area contributed by atoms with Gasteiger partial charge in [0.25, 0.3) is 5.92 Å². The van der Waals surface area contributed by atoms with Crippen LogP contribution >= 0.6 is 0 Å². The molecule has 0 aliphatic rings. The third kappa shape index (κ3) is 3.44. The summed E-state index contributed by atoms with van der Waals surface area (Å²) in [7, 11) is 0. The lowest BCUT2D eigenvalue weighted by Crippen LogP contribution is -2.61. The van der Waals surface area contributed by atoms with Crippen LogP contribution in [0.5, 0.6) is 0 Å². The molecule has 0 rings (SSSR count). The van der Waals surface area contributed by atoms with Crippen molar-refractivity contribution < 1.29 is 53.4 Å². The van der Waals surface area contributed by atoms with E-state index >= 15 is 0 Å².